The number of rotatable bonds is 9. The molecule has 2 aliphatic carbocycles. The fourth-order valence-electron chi connectivity index (χ4n) is 13.4. The Morgan fingerprint density at radius 3 is 1.23 bits per heavy atom. The molecule has 15 rings (SSSR count). The number of nitrogens with zero attached hydrogens (tertiary/aromatic N) is 3. The lowest BCUT2D eigenvalue weighted by atomic mass is 9.82. The van der Waals surface area contributed by atoms with Crippen molar-refractivity contribution >= 4 is 66.7 Å². The van der Waals surface area contributed by atoms with Crippen LogP contribution in [0.2, 0.25) is 0 Å². The highest BCUT2D eigenvalue weighted by Gasteiger charge is 2.37. The molecule has 0 bridgehead atoms. The highest BCUT2D eigenvalue weighted by molar-refractivity contribution is 6.22. The van der Waals surface area contributed by atoms with E-state index in [0.717, 1.165) is 45.4 Å². The topological polar surface area (TPSA) is 11.4 Å². The molecule has 3 nitrogen and oxygen atoms in total. The lowest BCUT2D eigenvalue weighted by Gasteiger charge is -2.28. The van der Waals surface area contributed by atoms with Gasteiger partial charge in [0.1, 0.15) is 0 Å². The normalized spacial score (nSPS) is 13.5. The van der Waals surface area contributed by atoms with E-state index in [1.165, 1.54) is 93.8 Å². The lowest BCUT2D eigenvalue weighted by Crippen LogP contribution is -2.16. The summed E-state index contributed by atoms with van der Waals surface area (Å²) in [4.78, 5) is 4.81. The molecule has 0 saturated heterocycles. The van der Waals surface area contributed by atoms with Crippen LogP contribution < -0.4 is 9.80 Å². The average molecular weight is 1010 g/mol. The third-order valence-electron chi connectivity index (χ3n) is 17.4. The van der Waals surface area contributed by atoms with E-state index < -0.39 is 0 Å². The van der Waals surface area contributed by atoms with Crippen LogP contribution in [0.1, 0.15) is 49.9 Å². The molecular formula is C76H57N3. The molecule has 0 unspecified atom stereocenters. The molecule has 1 aromatic heterocycles. The average Bonchev–Trinajstić information content (AvgIpc) is 4.23. The van der Waals surface area contributed by atoms with Gasteiger partial charge in [0.15, 0.2) is 0 Å². The third-order valence-corrected chi connectivity index (χ3v) is 17.4. The Morgan fingerprint density at radius 1 is 0.278 bits per heavy atom. The molecule has 3 heteroatoms. The smallest absolute Gasteiger partial charge is 0.0547 e. The van der Waals surface area contributed by atoms with Gasteiger partial charge in [0.2, 0.25) is 0 Å². The van der Waals surface area contributed by atoms with Crippen molar-refractivity contribution in [2.24, 2.45) is 0 Å². The van der Waals surface area contributed by atoms with Gasteiger partial charge < -0.3 is 14.4 Å². The summed E-state index contributed by atoms with van der Waals surface area (Å²) in [5, 5.41) is 5.04. The SMILES string of the molecule is CC1(C)c2ccccc2-c2ccc(N(c3ccccc3)c3ccc(-c4ccc(N(c5ccc(-c6ccc7c(c6)c6c8ccccc8ccc6n7-c6ccccc6)cc5)c5ccc6c(c5)C(C)(C)c5ccccc5-6)cc4)cc3)cc21. The van der Waals surface area contributed by atoms with Gasteiger partial charge in [0.05, 0.1) is 11.0 Å². The van der Waals surface area contributed by atoms with Crippen LogP contribution in [0.15, 0.2) is 273 Å². The first kappa shape index (κ1) is 46.6. The monoisotopic (exact) mass is 1010 g/mol. The van der Waals surface area contributed by atoms with Crippen LogP contribution >= 0.6 is 0 Å². The molecular weight excluding hydrogens is 955 g/mol. The first-order chi connectivity index (χ1) is 38.7. The van der Waals surface area contributed by atoms with E-state index in [0.29, 0.717) is 0 Å². The molecule has 1 heterocycles. The molecule has 0 amide bonds. The Hall–Kier alpha value is -9.70. The summed E-state index contributed by atoms with van der Waals surface area (Å²) in [7, 11) is 0. The van der Waals surface area contributed by atoms with Crippen molar-refractivity contribution in [1.82, 2.24) is 4.57 Å². The van der Waals surface area contributed by atoms with Gasteiger partial charge in [-0.15, -0.1) is 0 Å². The van der Waals surface area contributed by atoms with Crippen LogP contribution in [0.4, 0.5) is 34.1 Å². The molecule has 0 atom stereocenters. The molecule has 0 saturated carbocycles. The minimum atomic E-state index is -0.139. The van der Waals surface area contributed by atoms with Gasteiger partial charge in [-0.05, 0) is 181 Å². The molecule has 79 heavy (non-hydrogen) atoms. The van der Waals surface area contributed by atoms with E-state index in [2.05, 4.69) is 315 Å². The number of fused-ring (bicyclic) bond motifs is 11. The van der Waals surface area contributed by atoms with Crippen LogP contribution in [0.25, 0.3) is 82.8 Å². The van der Waals surface area contributed by atoms with Gasteiger partial charge in [0.25, 0.3) is 0 Å². The van der Waals surface area contributed by atoms with Crippen molar-refractivity contribution in [3.63, 3.8) is 0 Å². The quantitative estimate of drug-likeness (QED) is 0.143. The summed E-state index contributed by atoms with van der Waals surface area (Å²) >= 11 is 0. The highest BCUT2D eigenvalue weighted by Crippen LogP contribution is 2.53. The molecule has 12 aromatic carbocycles. The van der Waals surface area contributed by atoms with Crippen LogP contribution in [-0.4, -0.2) is 4.57 Å². The Bertz CT molecular complexity index is 4510. The van der Waals surface area contributed by atoms with Gasteiger partial charge in [0, 0.05) is 61.4 Å². The van der Waals surface area contributed by atoms with E-state index in [9.17, 15) is 0 Å². The van der Waals surface area contributed by atoms with Crippen molar-refractivity contribution in [2.45, 2.75) is 38.5 Å². The highest BCUT2D eigenvalue weighted by atomic mass is 15.1. The second-order valence-corrected chi connectivity index (χ2v) is 22.5. The number of benzene rings is 12. The van der Waals surface area contributed by atoms with Crippen LogP contribution in [0.3, 0.4) is 0 Å². The zero-order chi connectivity index (χ0) is 53.0. The number of anilines is 6. The van der Waals surface area contributed by atoms with Gasteiger partial charge in [-0.1, -0.05) is 198 Å². The first-order valence-electron chi connectivity index (χ1n) is 27.7. The second-order valence-electron chi connectivity index (χ2n) is 22.5. The van der Waals surface area contributed by atoms with Crippen LogP contribution in [0.5, 0.6) is 0 Å². The van der Waals surface area contributed by atoms with Crippen molar-refractivity contribution in [1.29, 1.82) is 0 Å². The van der Waals surface area contributed by atoms with E-state index >= 15 is 0 Å². The minimum absolute atomic E-state index is 0.0957. The summed E-state index contributed by atoms with van der Waals surface area (Å²) in [6.45, 7) is 9.43. The van der Waals surface area contributed by atoms with E-state index in [4.69, 9.17) is 0 Å². The van der Waals surface area contributed by atoms with Crippen molar-refractivity contribution in [2.75, 3.05) is 9.80 Å². The van der Waals surface area contributed by atoms with Crippen molar-refractivity contribution in [3.8, 4) is 50.2 Å². The Balaban J connectivity index is 0.793. The van der Waals surface area contributed by atoms with Gasteiger partial charge in [-0.2, -0.15) is 0 Å². The van der Waals surface area contributed by atoms with Crippen molar-refractivity contribution < 1.29 is 0 Å². The molecule has 2 aliphatic rings. The number of hydrogen-bond donors (Lipinski definition) is 0. The third kappa shape index (κ3) is 7.41. The summed E-state index contributed by atoms with van der Waals surface area (Å²) in [5.74, 6) is 0. The predicted molar refractivity (Wildman–Crippen MR) is 334 cm³/mol. The van der Waals surface area contributed by atoms with Crippen LogP contribution in [-0.2, 0) is 10.8 Å². The molecule has 376 valence electrons. The summed E-state index contributed by atoms with van der Waals surface area (Å²) in [6, 6.07) is 101. The van der Waals surface area contributed by atoms with Gasteiger partial charge in [-0.3, -0.25) is 0 Å². The van der Waals surface area contributed by atoms with E-state index in [1.807, 2.05) is 0 Å². The number of para-hydroxylation sites is 2. The van der Waals surface area contributed by atoms with Gasteiger partial charge in [-0.25, -0.2) is 0 Å². The van der Waals surface area contributed by atoms with Gasteiger partial charge >= 0.3 is 0 Å². The largest absolute Gasteiger partial charge is 0.310 e. The first-order valence-corrected chi connectivity index (χ1v) is 27.7. The Labute approximate surface area is 462 Å². The van der Waals surface area contributed by atoms with Crippen molar-refractivity contribution in [3.05, 3.63) is 295 Å². The Kier molecular flexibility index (Phi) is 10.6. The second kappa shape index (κ2) is 17.9. The Morgan fingerprint density at radius 2 is 0.684 bits per heavy atom. The minimum Gasteiger partial charge on any atom is -0.310 e. The van der Waals surface area contributed by atoms with E-state index in [-0.39, 0.29) is 10.8 Å². The van der Waals surface area contributed by atoms with E-state index in [1.54, 1.807) is 0 Å². The lowest BCUT2D eigenvalue weighted by molar-refractivity contribution is 0.660. The molecule has 0 N–H and O–H groups in total. The zero-order valence-electron chi connectivity index (χ0n) is 44.8. The molecule has 0 spiro atoms. The number of aromatic nitrogens is 1. The fraction of sp³-hybridized carbons (Fsp3) is 0.0789. The van der Waals surface area contributed by atoms with Crippen LogP contribution in [0, 0.1) is 0 Å². The summed E-state index contributed by atoms with van der Waals surface area (Å²) in [6.07, 6.45) is 0. The molecule has 0 fully saturated rings. The predicted octanol–water partition coefficient (Wildman–Crippen LogP) is 20.8. The summed E-state index contributed by atoms with van der Waals surface area (Å²) < 4.78 is 2.41. The zero-order valence-corrected chi connectivity index (χ0v) is 44.8. The maximum atomic E-state index is 2.43. The fourth-order valence-corrected chi connectivity index (χ4v) is 13.4. The maximum absolute atomic E-state index is 2.43. The number of hydrogen-bond acceptors (Lipinski definition) is 2. The standard InChI is InChI=1S/C76H57N3/c1-75(2)68-25-15-13-23-63(68)65-43-41-60(48-70(65)75)77(55-18-7-5-8-19-55)57-35-27-50(28-36-57)51-29-37-58(38-30-51)78(61-42-44-66-64-24-14-16-26-69(64)76(3,4)71(66)49-61)59-39-31-52(32-40-59)54-34-45-72-67(47-54)74-62-22-12-11-17-53(62)33-46-73(74)79(72)56-20-9-6-10-21-56/h5-49H,1-4H3. The molecule has 0 aliphatic heterocycles. The summed E-state index contributed by atoms with van der Waals surface area (Å²) in [5.41, 5.74) is 25.5. The maximum Gasteiger partial charge on any atom is 0.0547 e. The molecule has 0 radical (unpaired) electrons. The molecule has 13 aromatic rings.